The van der Waals surface area contributed by atoms with Crippen LogP contribution in [0.5, 0.6) is 0 Å². The maximum absolute atomic E-state index is 11.8. The van der Waals surface area contributed by atoms with Crippen LogP contribution in [0, 0.1) is 5.41 Å². The van der Waals surface area contributed by atoms with E-state index >= 15 is 0 Å². The summed E-state index contributed by atoms with van der Waals surface area (Å²) in [5, 5.41) is 4.30. The van der Waals surface area contributed by atoms with E-state index in [4.69, 9.17) is 0 Å². The molecule has 86 valence electrons. The zero-order valence-corrected chi connectivity index (χ0v) is 8.90. The molecular weight excluding hydrogens is 220 g/mol. The van der Waals surface area contributed by atoms with Gasteiger partial charge < -0.3 is 0 Å². The number of hydrogen-bond donors (Lipinski definition) is 2. The minimum absolute atomic E-state index is 0.128. The molecule has 0 bridgehead atoms. The van der Waals surface area contributed by atoms with E-state index in [0.717, 1.165) is 5.56 Å². The van der Waals surface area contributed by atoms with Crippen molar-refractivity contribution in [2.75, 3.05) is 0 Å². The molecule has 2 N–H and O–H groups in total. The lowest BCUT2D eigenvalue weighted by molar-refractivity contribution is -0.138. The van der Waals surface area contributed by atoms with Crippen molar-refractivity contribution in [1.82, 2.24) is 10.6 Å². The maximum atomic E-state index is 11.8. The van der Waals surface area contributed by atoms with E-state index in [9.17, 15) is 14.4 Å². The van der Waals surface area contributed by atoms with Crippen LogP contribution in [-0.2, 0) is 9.59 Å². The standard InChI is InChI=1S/C12H10N2O3/c15-9-12(10(16)14-11(17)13-9)6-8(12)7-4-2-1-3-5-7/h1-5,8H,6H2,(H2,13,14,15,16,17). The summed E-state index contributed by atoms with van der Waals surface area (Å²) in [5.74, 6) is -1.10. The highest BCUT2D eigenvalue weighted by atomic mass is 16.2. The number of amides is 4. The minimum Gasteiger partial charge on any atom is -0.277 e. The Morgan fingerprint density at radius 2 is 1.59 bits per heavy atom. The van der Waals surface area contributed by atoms with E-state index in [2.05, 4.69) is 10.6 Å². The van der Waals surface area contributed by atoms with Crippen molar-refractivity contribution in [3.8, 4) is 0 Å². The molecule has 1 aromatic rings. The number of barbiturate groups is 1. The fraction of sp³-hybridized carbons (Fsp3) is 0.250. The van der Waals surface area contributed by atoms with Gasteiger partial charge in [-0.15, -0.1) is 0 Å². The monoisotopic (exact) mass is 230 g/mol. The van der Waals surface area contributed by atoms with E-state index in [-0.39, 0.29) is 5.92 Å². The van der Waals surface area contributed by atoms with E-state index in [1.165, 1.54) is 0 Å². The van der Waals surface area contributed by atoms with Crippen LogP contribution in [-0.4, -0.2) is 17.8 Å². The van der Waals surface area contributed by atoms with Crippen molar-refractivity contribution in [2.24, 2.45) is 5.41 Å². The minimum atomic E-state index is -1.07. The van der Waals surface area contributed by atoms with Crippen molar-refractivity contribution >= 4 is 17.8 Å². The molecule has 1 atom stereocenters. The summed E-state index contributed by atoms with van der Waals surface area (Å²) in [4.78, 5) is 34.6. The highest BCUT2D eigenvalue weighted by Crippen LogP contribution is 2.60. The van der Waals surface area contributed by atoms with Gasteiger partial charge in [0.2, 0.25) is 11.8 Å². The van der Waals surface area contributed by atoms with Gasteiger partial charge in [-0.05, 0) is 12.0 Å². The van der Waals surface area contributed by atoms with Crippen molar-refractivity contribution in [3.63, 3.8) is 0 Å². The molecule has 1 heterocycles. The Morgan fingerprint density at radius 1 is 1.00 bits per heavy atom. The average molecular weight is 230 g/mol. The highest BCUT2D eigenvalue weighted by molar-refractivity contribution is 6.22. The number of carbonyl (C=O) groups is 3. The Hall–Kier alpha value is -2.17. The molecule has 1 saturated carbocycles. The van der Waals surface area contributed by atoms with E-state index in [1.807, 2.05) is 30.3 Å². The molecule has 5 nitrogen and oxygen atoms in total. The third-order valence-corrected chi connectivity index (χ3v) is 3.43. The van der Waals surface area contributed by atoms with Gasteiger partial charge in [0.25, 0.3) is 0 Å². The lowest BCUT2D eigenvalue weighted by atomic mass is 9.96. The summed E-state index contributed by atoms with van der Waals surface area (Å²) in [6.45, 7) is 0. The highest BCUT2D eigenvalue weighted by Gasteiger charge is 2.68. The van der Waals surface area contributed by atoms with Crippen LogP contribution in [0.1, 0.15) is 17.9 Å². The molecule has 1 aliphatic carbocycles. The lowest BCUT2D eigenvalue weighted by Crippen LogP contribution is -2.57. The Bertz CT molecular complexity index is 504. The van der Waals surface area contributed by atoms with Gasteiger partial charge in [-0.25, -0.2) is 4.79 Å². The Balaban J connectivity index is 1.93. The zero-order chi connectivity index (χ0) is 12.0. The van der Waals surface area contributed by atoms with Gasteiger partial charge in [0.1, 0.15) is 5.41 Å². The number of hydrogen-bond acceptors (Lipinski definition) is 3. The van der Waals surface area contributed by atoms with Crippen molar-refractivity contribution < 1.29 is 14.4 Å². The number of urea groups is 1. The molecule has 2 aliphatic rings. The zero-order valence-electron chi connectivity index (χ0n) is 8.90. The van der Waals surface area contributed by atoms with Gasteiger partial charge in [-0.2, -0.15) is 0 Å². The molecule has 0 radical (unpaired) electrons. The predicted molar refractivity (Wildman–Crippen MR) is 57.9 cm³/mol. The third kappa shape index (κ3) is 1.28. The summed E-state index contributed by atoms with van der Waals surface area (Å²) < 4.78 is 0. The van der Waals surface area contributed by atoms with Crippen molar-refractivity contribution in [3.05, 3.63) is 35.9 Å². The second kappa shape index (κ2) is 3.16. The van der Waals surface area contributed by atoms with E-state index < -0.39 is 23.3 Å². The number of nitrogens with one attached hydrogen (secondary N) is 2. The Morgan fingerprint density at radius 3 is 2.18 bits per heavy atom. The first-order chi connectivity index (χ1) is 8.14. The maximum Gasteiger partial charge on any atom is 0.328 e. The number of benzene rings is 1. The van der Waals surface area contributed by atoms with Crippen LogP contribution in [0.2, 0.25) is 0 Å². The van der Waals surface area contributed by atoms with Crippen LogP contribution in [0.4, 0.5) is 4.79 Å². The normalized spacial score (nSPS) is 25.4. The van der Waals surface area contributed by atoms with Crippen LogP contribution in [0.3, 0.4) is 0 Å². The summed E-state index contributed by atoms with van der Waals surface area (Å²) >= 11 is 0. The first kappa shape index (κ1) is 10.0. The van der Waals surface area contributed by atoms with Crippen LogP contribution < -0.4 is 10.6 Å². The molecule has 2 fully saturated rings. The SMILES string of the molecule is O=C1NC(=O)C2(CC2c2ccccc2)C(=O)N1. The number of carbonyl (C=O) groups excluding carboxylic acids is 3. The van der Waals surface area contributed by atoms with E-state index in [0.29, 0.717) is 6.42 Å². The van der Waals surface area contributed by atoms with Crippen LogP contribution >= 0.6 is 0 Å². The Labute approximate surface area is 97.2 Å². The molecule has 3 rings (SSSR count). The van der Waals surface area contributed by atoms with Crippen molar-refractivity contribution in [1.29, 1.82) is 0 Å². The summed E-state index contributed by atoms with van der Waals surface area (Å²) in [6.07, 6.45) is 0.460. The van der Waals surface area contributed by atoms with Gasteiger partial charge >= 0.3 is 6.03 Å². The second-order valence-corrected chi connectivity index (χ2v) is 4.38. The number of imide groups is 2. The average Bonchev–Trinajstić information content (AvgIpc) is 3.04. The molecule has 4 amide bonds. The molecule has 1 aliphatic heterocycles. The Kier molecular flexibility index (Phi) is 1.86. The first-order valence-corrected chi connectivity index (χ1v) is 5.36. The molecule has 1 unspecified atom stereocenters. The molecule has 5 heteroatoms. The lowest BCUT2D eigenvalue weighted by Gasteiger charge is -2.21. The van der Waals surface area contributed by atoms with Gasteiger partial charge in [-0.1, -0.05) is 30.3 Å². The summed E-state index contributed by atoms with van der Waals surface area (Å²) in [6, 6.07) is 8.65. The summed E-state index contributed by atoms with van der Waals surface area (Å²) in [7, 11) is 0. The number of rotatable bonds is 1. The summed E-state index contributed by atoms with van der Waals surface area (Å²) in [5.41, 5.74) is -0.123. The predicted octanol–water partition coefficient (Wildman–Crippen LogP) is 0.526. The van der Waals surface area contributed by atoms with Crippen LogP contribution in [0.15, 0.2) is 30.3 Å². The fourth-order valence-electron chi connectivity index (χ4n) is 2.42. The molecule has 1 aromatic carbocycles. The quantitative estimate of drug-likeness (QED) is 0.691. The first-order valence-electron chi connectivity index (χ1n) is 5.36. The smallest absolute Gasteiger partial charge is 0.277 e. The van der Waals surface area contributed by atoms with Crippen LogP contribution in [0.25, 0.3) is 0 Å². The van der Waals surface area contributed by atoms with Gasteiger partial charge in [0.15, 0.2) is 0 Å². The van der Waals surface area contributed by atoms with E-state index in [1.54, 1.807) is 0 Å². The largest absolute Gasteiger partial charge is 0.328 e. The topological polar surface area (TPSA) is 75.3 Å². The molecule has 1 saturated heterocycles. The fourth-order valence-corrected chi connectivity index (χ4v) is 2.42. The van der Waals surface area contributed by atoms with Gasteiger partial charge in [0, 0.05) is 5.92 Å². The third-order valence-electron chi connectivity index (χ3n) is 3.43. The van der Waals surface area contributed by atoms with Crippen molar-refractivity contribution in [2.45, 2.75) is 12.3 Å². The molecule has 0 aromatic heterocycles. The molecular formula is C12H10N2O3. The second-order valence-electron chi connectivity index (χ2n) is 4.38. The van der Waals surface area contributed by atoms with Gasteiger partial charge in [-0.3, -0.25) is 20.2 Å². The molecule has 17 heavy (non-hydrogen) atoms. The van der Waals surface area contributed by atoms with Gasteiger partial charge in [0.05, 0.1) is 0 Å². The molecule has 1 spiro atoms.